The molecule has 12 heavy (non-hydrogen) atoms. The number of carboxylic acids is 1. The number of hydrogen-bond acceptors (Lipinski definition) is 4. The maximum atomic E-state index is 10.5. The number of carboxylic acid groups (broad SMARTS) is 1. The van der Waals surface area contributed by atoms with Crippen LogP contribution in [-0.2, 0) is 4.79 Å². The summed E-state index contributed by atoms with van der Waals surface area (Å²) in [4.78, 5) is 10.5. The maximum absolute atomic E-state index is 10.5. The van der Waals surface area contributed by atoms with Gasteiger partial charge in [-0.25, -0.2) is 4.79 Å². The fraction of sp³-hybridized carbons (Fsp3) is 0.571. The topological polar surface area (TPSA) is 110 Å². The lowest BCUT2D eigenvalue weighted by Crippen LogP contribution is -2.51. The molecule has 0 aromatic heterocycles. The molecule has 0 saturated carbocycles. The molecule has 0 fully saturated rings. The summed E-state index contributed by atoms with van der Waals surface area (Å²) in [6.07, 6.45) is 0.518. The van der Waals surface area contributed by atoms with Crippen molar-refractivity contribution in [3.05, 3.63) is 11.6 Å². The smallest absolute Gasteiger partial charge is 0.331 e. The van der Waals surface area contributed by atoms with Gasteiger partial charge in [0.1, 0.15) is 0 Å². The van der Waals surface area contributed by atoms with E-state index in [0.29, 0.717) is 0 Å². The van der Waals surface area contributed by atoms with Crippen LogP contribution < -0.4 is 11.5 Å². The van der Waals surface area contributed by atoms with Crippen molar-refractivity contribution in [2.24, 2.45) is 11.5 Å². The molecule has 6 N–H and O–H groups in total. The van der Waals surface area contributed by atoms with Crippen molar-refractivity contribution >= 4 is 5.97 Å². The highest BCUT2D eigenvalue weighted by molar-refractivity contribution is 5.87. The summed E-state index contributed by atoms with van der Waals surface area (Å²) in [5.74, 6) is -1.04. The predicted molar refractivity (Wildman–Crippen MR) is 42.3 cm³/mol. The highest BCUT2D eigenvalue weighted by Gasteiger charge is 2.28. The Morgan fingerprint density at radius 2 is 2.17 bits per heavy atom. The second-order valence-corrected chi connectivity index (χ2v) is 2.93. The monoisotopic (exact) mass is 172 g/mol. The Bertz CT molecular complexity index is 227. The van der Waals surface area contributed by atoms with E-state index in [2.05, 4.69) is 0 Å². The second kappa shape index (κ2) is 3.22. The van der Waals surface area contributed by atoms with Gasteiger partial charge in [-0.05, 0) is 12.5 Å². The summed E-state index contributed by atoms with van der Waals surface area (Å²) >= 11 is 0. The van der Waals surface area contributed by atoms with E-state index in [4.69, 9.17) is 16.6 Å². The molecule has 5 heteroatoms. The fourth-order valence-corrected chi connectivity index (χ4v) is 1.19. The van der Waals surface area contributed by atoms with E-state index < -0.39 is 24.2 Å². The van der Waals surface area contributed by atoms with Crippen LogP contribution in [0.3, 0.4) is 0 Å². The Kier molecular flexibility index (Phi) is 2.46. The van der Waals surface area contributed by atoms with Gasteiger partial charge in [-0.1, -0.05) is 0 Å². The van der Waals surface area contributed by atoms with Gasteiger partial charge in [0.25, 0.3) is 0 Å². The number of carbonyl (C=O) groups is 1. The van der Waals surface area contributed by atoms with Crippen LogP contribution in [-0.4, -0.2) is 34.4 Å². The molecule has 0 aliphatic heterocycles. The molecule has 0 heterocycles. The van der Waals surface area contributed by atoms with Crippen LogP contribution in [0, 0.1) is 0 Å². The maximum Gasteiger partial charge on any atom is 0.331 e. The van der Waals surface area contributed by atoms with Gasteiger partial charge in [0.15, 0.2) is 0 Å². The number of aliphatic hydroxyl groups excluding tert-OH is 1. The Morgan fingerprint density at radius 1 is 1.58 bits per heavy atom. The molecule has 0 aromatic carbocycles. The van der Waals surface area contributed by atoms with Crippen LogP contribution in [0.4, 0.5) is 0 Å². The lowest BCUT2D eigenvalue weighted by molar-refractivity contribution is -0.133. The molecule has 0 saturated heterocycles. The van der Waals surface area contributed by atoms with Gasteiger partial charge in [-0.2, -0.15) is 0 Å². The molecule has 0 amide bonds. The summed E-state index contributed by atoms with van der Waals surface area (Å²) in [5.41, 5.74) is 11.1. The molecule has 0 bridgehead atoms. The minimum Gasteiger partial charge on any atom is -0.478 e. The summed E-state index contributed by atoms with van der Waals surface area (Å²) in [5, 5.41) is 17.8. The van der Waals surface area contributed by atoms with Crippen LogP contribution in [0.5, 0.6) is 0 Å². The molecule has 0 radical (unpaired) electrons. The summed E-state index contributed by atoms with van der Waals surface area (Å²) in [6, 6.07) is -1.04. The van der Waals surface area contributed by atoms with Crippen molar-refractivity contribution in [3.63, 3.8) is 0 Å². The number of rotatable bonds is 1. The molecule has 3 atom stereocenters. The molecule has 5 nitrogen and oxygen atoms in total. The number of aliphatic carboxylic acids is 1. The average molecular weight is 172 g/mol. The third-order valence-electron chi connectivity index (χ3n) is 1.99. The second-order valence-electron chi connectivity index (χ2n) is 2.93. The molecule has 1 aliphatic rings. The van der Waals surface area contributed by atoms with E-state index in [-0.39, 0.29) is 12.0 Å². The molecule has 1 rings (SSSR count). The van der Waals surface area contributed by atoms with Crippen LogP contribution in [0.2, 0.25) is 0 Å². The highest BCUT2D eigenvalue weighted by atomic mass is 16.4. The summed E-state index contributed by atoms with van der Waals surface area (Å²) < 4.78 is 0. The Balaban J connectivity index is 2.81. The van der Waals surface area contributed by atoms with E-state index in [1.54, 1.807) is 0 Å². The van der Waals surface area contributed by atoms with Crippen LogP contribution >= 0.6 is 0 Å². The summed E-state index contributed by atoms with van der Waals surface area (Å²) in [6.45, 7) is 0. The highest BCUT2D eigenvalue weighted by Crippen LogP contribution is 2.16. The quantitative estimate of drug-likeness (QED) is 0.381. The number of nitrogens with two attached hydrogens (primary N) is 2. The van der Waals surface area contributed by atoms with Gasteiger partial charge in [-0.15, -0.1) is 0 Å². The van der Waals surface area contributed by atoms with Crippen molar-refractivity contribution in [2.45, 2.75) is 24.6 Å². The zero-order valence-corrected chi connectivity index (χ0v) is 6.47. The molecular formula is C7H12N2O3. The standard InChI is InChI=1S/C7H12N2O3/c8-4-1-3(7(11)12)2-5(10)6(4)9/h2,4-6,10H,1,8-9H2,(H,11,12)/t4-,5-,6-/m1/s1. The van der Waals surface area contributed by atoms with Gasteiger partial charge in [-0.3, -0.25) is 0 Å². The molecule has 68 valence electrons. The van der Waals surface area contributed by atoms with E-state index in [1.807, 2.05) is 0 Å². The Morgan fingerprint density at radius 3 is 2.58 bits per heavy atom. The molecule has 1 aliphatic carbocycles. The van der Waals surface area contributed by atoms with Gasteiger partial charge in [0, 0.05) is 17.7 Å². The van der Waals surface area contributed by atoms with Crippen molar-refractivity contribution in [1.82, 2.24) is 0 Å². The van der Waals surface area contributed by atoms with E-state index in [9.17, 15) is 9.90 Å². The van der Waals surface area contributed by atoms with Gasteiger partial charge in [0.05, 0.1) is 6.10 Å². The van der Waals surface area contributed by atoms with Crippen LogP contribution in [0.15, 0.2) is 11.6 Å². The zero-order valence-electron chi connectivity index (χ0n) is 6.47. The SMILES string of the molecule is N[C@H]1[C@H](O)C=C(C(=O)O)C[C@H]1N. The first-order valence-electron chi connectivity index (χ1n) is 3.65. The lowest BCUT2D eigenvalue weighted by Gasteiger charge is -2.27. The van der Waals surface area contributed by atoms with Gasteiger partial charge < -0.3 is 21.7 Å². The molecule has 0 spiro atoms. The predicted octanol–water partition coefficient (Wildman–Crippen LogP) is -1.58. The summed E-state index contributed by atoms with van der Waals surface area (Å²) in [7, 11) is 0. The zero-order chi connectivity index (χ0) is 9.30. The van der Waals surface area contributed by atoms with E-state index >= 15 is 0 Å². The normalized spacial score (nSPS) is 35.9. The van der Waals surface area contributed by atoms with Gasteiger partial charge in [0.2, 0.25) is 0 Å². The molecule has 0 aromatic rings. The minimum absolute atomic E-state index is 0.136. The lowest BCUT2D eigenvalue weighted by atomic mass is 9.89. The van der Waals surface area contributed by atoms with Crippen LogP contribution in [0.1, 0.15) is 6.42 Å². The number of hydrogen-bond donors (Lipinski definition) is 4. The van der Waals surface area contributed by atoms with Crippen molar-refractivity contribution < 1.29 is 15.0 Å². The first-order chi connectivity index (χ1) is 5.52. The first-order valence-corrected chi connectivity index (χ1v) is 3.65. The molecule has 0 unspecified atom stereocenters. The molecular weight excluding hydrogens is 160 g/mol. The van der Waals surface area contributed by atoms with Crippen LogP contribution in [0.25, 0.3) is 0 Å². The Labute approximate surface area is 69.7 Å². The average Bonchev–Trinajstić information content (AvgIpc) is 1.99. The third kappa shape index (κ3) is 1.63. The third-order valence-corrected chi connectivity index (χ3v) is 1.99. The fourth-order valence-electron chi connectivity index (χ4n) is 1.19. The van der Waals surface area contributed by atoms with Crippen molar-refractivity contribution in [1.29, 1.82) is 0 Å². The Hall–Kier alpha value is -0.910. The minimum atomic E-state index is -1.04. The van der Waals surface area contributed by atoms with Crippen molar-refractivity contribution in [3.8, 4) is 0 Å². The number of aliphatic hydroxyl groups is 1. The van der Waals surface area contributed by atoms with Gasteiger partial charge >= 0.3 is 5.97 Å². The first kappa shape index (κ1) is 9.18. The van der Waals surface area contributed by atoms with Crippen molar-refractivity contribution in [2.75, 3.05) is 0 Å². The largest absolute Gasteiger partial charge is 0.478 e. The van der Waals surface area contributed by atoms with E-state index in [0.717, 1.165) is 0 Å². The van der Waals surface area contributed by atoms with E-state index in [1.165, 1.54) is 6.08 Å².